The van der Waals surface area contributed by atoms with Gasteiger partial charge in [-0.05, 0) is 43.2 Å². The van der Waals surface area contributed by atoms with Crippen LogP contribution in [0.4, 0.5) is 0 Å². The lowest BCUT2D eigenvalue weighted by Gasteiger charge is -2.06. The molecule has 1 aliphatic rings. The van der Waals surface area contributed by atoms with Gasteiger partial charge in [0.1, 0.15) is 5.75 Å². The first-order valence-corrected chi connectivity index (χ1v) is 6.90. The highest BCUT2D eigenvalue weighted by atomic mass is 16.5. The Morgan fingerprint density at radius 2 is 2.18 bits per heavy atom. The molecule has 0 aliphatic carbocycles. The van der Waals surface area contributed by atoms with Crippen LogP contribution in [0.2, 0.25) is 0 Å². The summed E-state index contributed by atoms with van der Waals surface area (Å²) in [4.78, 5) is 23.1. The van der Waals surface area contributed by atoms with E-state index in [1.807, 2.05) is 24.3 Å². The first-order valence-electron chi connectivity index (χ1n) is 6.90. The van der Waals surface area contributed by atoms with E-state index in [9.17, 15) is 9.59 Å². The molecule has 0 unspecified atom stereocenters. The summed E-state index contributed by atoms with van der Waals surface area (Å²) in [6, 6.07) is 7.28. The van der Waals surface area contributed by atoms with Crippen LogP contribution in [0.25, 0.3) is 0 Å². The Hall–Kier alpha value is -2.70. The lowest BCUT2D eigenvalue weighted by molar-refractivity contribution is -0.123. The zero-order chi connectivity index (χ0) is 15.9. The molecule has 0 saturated carbocycles. The number of hydrazone groups is 2. The van der Waals surface area contributed by atoms with Crippen molar-refractivity contribution >= 4 is 23.7 Å². The zero-order valence-electron chi connectivity index (χ0n) is 12.5. The number of ether oxygens (including phenoxy) is 1. The van der Waals surface area contributed by atoms with Crippen LogP contribution in [-0.2, 0) is 9.59 Å². The van der Waals surface area contributed by atoms with E-state index in [2.05, 4.69) is 21.1 Å². The van der Waals surface area contributed by atoms with Crippen molar-refractivity contribution in [3.8, 4) is 5.75 Å². The number of nitrogens with zero attached hydrogens (tertiary/aromatic N) is 2. The molecule has 22 heavy (non-hydrogen) atoms. The molecule has 7 heteroatoms. The summed E-state index contributed by atoms with van der Waals surface area (Å²) < 4.78 is 5.05. The molecule has 1 aromatic rings. The molecule has 7 nitrogen and oxygen atoms in total. The molecule has 1 heterocycles. The van der Waals surface area contributed by atoms with Crippen LogP contribution >= 0.6 is 0 Å². The number of amides is 2. The molecule has 0 fully saturated rings. The minimum Gasteiger partial charge on any atom is -0.497 e. The van der Waals surface area contributed by atoms with E-state index in [4.69, 9.17) is 4.74 Å². The van der Waals surface area contributed by atoms with Gasteiger partial charge in [0.2, 0.25) is 11.8 Å². The minimum atomic E-state index is -0.323. The Bertz CT molecular complexity index is 608. The lowest BCUT2D eigenvalue weighted by Crippen LogP contribution is -2.25. The highest BCUT2D eigenvalue weighted by molar-refractivity contribution is 6.07. The molecular formula is C15H18N4O3. The zero-order valence-corrected chi connectivity index (χ0v) is 12.5. The van der Waals surface area contributed by atoms with Crippen LogP contribution in [0.5, 0.6) is 5.75 Å². The van der Waals surface area contributed by atoms with Crippen molar-refractivity contribution in [2.24, 2.45) is 16.1 Å². The van der Waals surface area contributed by atoms with Crippen LogP contribution in [0.1, 0.15) is 25.3 Å². The molecule has 0 radical (unpaired) electrons. The van der Waals surface area contributed by atoms with Gasteiger partial charge >= 0.3 is 0 Å². The molecule has 0 spiro atoms. The van der Waals surface area contributed by atoms with Gasteiger partial charge in [0.25, 0.3) is 0 Å². The molecular weight excluding hydrogens is 284 g/mol. The van der Waals surface area contributed by atoms with Gasteiger partial charge in [-0.25, -0.2) is 10.9 Å². The van der Waals surface area contributed by atoms with Gasteiger partial charge in [-0.3, -0.25) is 9.59 Å². The number of benzene rings is 1. The van der Waals surface area contributed by atoms with E-state index in [0.717, 1.165) is 11.3 Å². The Morgan fingerprint density at radius 1 is 1.45 bits per heavy atom. The fourth-order valence-corrected chi connectivity index (χ4v) is 2.03. The summed E-state index contributed by atoms with van der Waals surface area (Å²) in [6.45, 7) is 1.77. The SMILES string of the molecule is COc1ccc(/C=N\NC(=O)CC[C@H]2C(=O)NN=C2C)cc1. The van der Waals surface area contributed by atoms with E-state index in [-0.39, 0.29) is 24.2 Å². The van der Waals surface area contributed by atoms with Crippen molar-refractivity contribution in [3.05, 3.63) is 29.8 Å². The number of carbonyl (C=O) groups is 2. The molecule has 0 saturated heterocycles. The van der Waals surface area contributed by atoms with Crippen LogP contribution in [0.15, 0.2) is 34.5 Å². The van der Waals surface area contributed by atoms with Gasteiger partial charge in [0, 0.05) is 12.1 Å². The highest BCUT2D eigenvalue weighted by Gasteiger charge is 2.26. The summed E-state index contributed by atoms with van der Waals surface area (Å²) in [7, 11) is 1.60. The Balaban J connectivity index is 1.76. The van der Waals surface area contributed by atoms with Gasteiger partial charge in [-0.15, -0.1) is 0 Å². The van der Waals surface area contributed by atoms with Crippen LogP contribution in [0, 0.1) is 5.92 Å². The lowest BCUT2D eigenvalue weighted by atomic mass is 9.99. The monoisotopic (exact) mass is 302 g/mol. The first-order chi connectivity index (χ1) is 10.6. The maximum atomic E-state index is 11.7. The normalized spacial score (nSPS) is 17.3. The molecule has 1 aliphatic heterocycles. The quantitative estimate of drug-likeness (QED) is 0.607. The van der Waals surface area contributed by atoms with Crippen LogP contribution in [-0.4, -0.2) is 30.9 Å². The second-order valence-corrected chi connectivity index (χ2v) is 4.89. The third-order valence-electron chi connectivity index (χ3n) is 3.34. The van der Waals surface area contributed by atoms with Crippen molar-refractivity contribution in [1.82, 2.24) is 10.9 Å². The topological polar surface area (TPSA) is 92.1 Å². The third kappa shape index (κ3) is 4.15. The van der Waals surface area contributed by atoms with Crippen LogP contribution < -0.4 is 15.6 Å². The van der Waals surface area contributed by atoms with Gasteiger partial charge in [-0.1, -0.05) is 0 Å². The number of hydrogen-bond acceptors (Lipinski definition) is 5. The van der Waals surface area contributed by atoms with Crippen molar-refractivity contribution in [3.63, 3.8) is 0 Å². The minimum absolute atomic E-state index is 0.160. The smallest absolute Gasteiger partial charge is 0.248 e. The van der Waals surface area contributed by atoms with Crippen LogP contribution in [0.3, 0.4) is 0 Å². The van der Waals surface area contributed by atoms with E-state index in [0.29, 0.717) is 12.1 Å². The number of nitrogens with one attached hydrogen (secondary N) is 2. The van der Waals surface area contributed by atoms with Gasteiger partial charge in [0.05, 0.1) is 19.2 Å². The molecule has 116 valence electrons. The van der Waals surface area contributed by atoms with E-state index in [1.165, 1.54) is 0 Å². The second-order valence-electron chi connectivity index (χ2n) is 4.89. The van der Waals surface area contributed by atoms with Gasteiger partial charge in [-0.2, -0.15) is 10.2 Å². The predicted molar refractivity (Wildman–Crippen MR) is 82.7 cm³/mol. The average Bonchev–Trinajstić information content (AvgIpc) is 2.84. The largest absolute Gasteiger partial charge is 0.497 e. The van der Waals surface area contributed by atoms with Crippen molar-refractivity contribution in [2.75, 3.05) is 7.11 Å². The van der Waals surface area contributed by atoms with Crippen molar-refractivity contribution < 1.29 is 14.3 Å². The summed E-state index contributed by atoms with van der Waals surface area (Å²) in [5.74, 6) is 0.0358. The molecule has 0 bridgehead atoms. The number of carbonyl (C=O) groups excluding carboxylic acids is 2. The summed E-state index contributed by atoms with van der Waals surface area (Å²) in [5, 5.41) is 7.72. The maximum absolute atomic E-state index is 11.7. The Labute approximate surface area is 128 Å². The molecule has 1 atom stereocenters. The van der Waals surface area contributed by atoms with Gasteiger partial charge in [0.15, 0.2) is 0 Å². The highest BCUT2D eigenvalue weighted by Crippen LogP contribution is 2.13. The van der Waals surface area contributed by atoms with Crippen molar-refractivity contribution in [2.45, 2.75) is 19.8 Å². The third-order valence-corrected chi connectivity index (χ3v) is 3.34. The van der Waals surface area contributed by atoms with Gasteiger partial charge < -0.3 is 4.74 Å². The van der Waals surface area contributed by atoms with Crippen molar-refractivity contribution in [1.29, 1.82) is 0 Å². The Kier molecular flexibility index (Phi) is 5.24. The first kappa shape index (κ1) is 15.7. The molecule has 2 amide bonds. The number of hydrogen-bond donors (Lipinski definition) is 2. The van der Waals surface area contributed by atoms with E-state index < -0.39 is 0 Å². The van der Waals surface area contributed by atoms with E-state index >= 15 is 0 Å². The molecule has 2 N–H and O–H groups in total. The standard InChI is InChI=1S/C15H18N4O3/c1-10-13(15(21)19-17-10)7-8-14(20)18-16-9-11-3-5-12(22-2)6-4-11/h3-6,9,13H,7-8H2,1-2H3,(H,18,20)(H,19,21)/b16-9-/t13-/m1/s1. The number of rotatable bonds is 6. The summed E-state index contributed by atoms with van der Waals surface area (Å²) in [5.41, 5.74) is 6.39. The fourth-order valence-electron chi connectivity index (χ4n) is 2.03. The summed E-state index contributed by atoms with van der Waals surface area (Å²) in [6.07, 6.45) is 2.18. The molecule has 1 aromatic carbocycles. The second kappa shape index (κ2) is 7.35. The Morgan fingerprint density at radius 3 is 2.77 bits per heavy atom. The van der Waals surface area contributed by atoms with E-state index in [1.54, 1.807) is 20.2 Å². The summed E-state index contributed by atoms with van der Waals surface area (Å²) >= 11 is 0. The number of methoxy groups -OCH3 is 1. The fraction of sp³-hybridized carbons (Fsp3) is 0.333. The maximum Gasteiger partial charge on any atom is 0.248 e. The predicted octanol–water partition coefficient (Wildman–Crippen LogP) is 1.05. The average molecular weight is 302 g/mol. The molecule has 0 aromatic heterocycles. The molecule has 2 rings (SSSR count).